The van der Waals surface area contributed by atoms with E-state index in [1.54, 1.807) is 27.1 Å². The van der Waals surface area contributed by atoms with Gasteiger partial charge in [0, 0.05) is 23.5 Å². The molecule has 7 nitrogen and oxygen atoms in total. The number of carbonyl (C=O) groups is 3. The lowest BCUT2D eigenvalue weighted by Gasteiger charge is -2.17. The first-order chi connectivity index (χ1) is 11.6. The fourth-order valence-corrected chi connectivity index (χ4v) is 2.93. The van der Waals surface area contributed by atoms with Gasteiger partial charge in [0.15, 0.2) is 0 Å². The number of nitrogens with zero attached hydrogens (tertiary/aromatic N) is 4. The zero-order chi connectivity index (χ0) is 16.4. The summed E-state index contributed by atoms with van der Waals surface area (Å²) in [6.07, 6.45) is 3.41. The number of anilines is 3. The third-order valence-electron chi connectivity index (χ3n) is 4.41. The molecule has 3 fully saturated rings. The molecule has 0 spiro atoms. The second-order valence-electron chi connectivity index (χ2n) is 6.04. The van der Waals surface area contributed by atoms with Gasteiger partial charge in [-0.05, 0) is 18.2 Å². The Labute approximate surface area is 137 Å². The molecule has 1 aromatic heterocycles. The lowest BCUT2D eigenvalue weighted by atomic mass is 10.0. The summed E-state index contributed by atoms with van der Waals surface area (Å²) in [4.78, 5) is 44.0. The second kappa shape index (κ2) is 4.41. The summed E-state index contributed by atoms with van der Waals surface area (Å²) >= 11 is 0. The maximum Gasteiger partial charge on any atom is 0.247 e. The molecule has 3 saturated heterocycles. The van der Waals surface area contributed by atoms with Crippen molar-refractivity contribution in [3.05, 3.63) is 36.7 Å². The predicted molar refractivity (Wildman–Crippen MR) is 86.7 cm³/mol. The van der Waals surface area contributed by atoms with Crippen molar-refractivity contribution in [1.82, 2.24) is 4.98 Å². The highest BCUT2D eigenvalue weighted by Gasteiger charge is 2.42. The number of aromatic nitrogens is 1. The molecule has 7 heteroatoms. The fraction of sp³-hybridized carbons (Fsp3) is 0.176. The normalized spacial score (nSPS) is 18.3. The van der Waals surface area contributed by atoms with E-state index in [9.17, 15) is 14.4 Å². The van der Waals surface area contributed by atoms with Crippen molar-refractivity contribution in [2.75, 3.05) is 34.3 Å². The third kappa shape index (κ3) is 1.98. The van der Waals surface area contributed by atoms with Crippen LogP contribution in [-0.4, -0.2) is 42.3 Å². The molecule has 1 aromatic carbocycles. The highest BCUT2D eigenvalue weighted by Crippen LogP contribution is 2.46. The van der Waals surface area contributed by atoms with Crippen LogP contribution >= 0.6 is 0 Å². The minimum Gasteiger partial charge on any atom is -0.301 e. The van der Waals surface area contributed by atoms with Gasteiger partial charge in [0.05, 0.1) is 17.1 Å². The van der Waals surface area contributed by atoms with Gasteiger partial charge >= 0.3 is 0 Å². The molecular formula is C17H12N4O3. The Balaban J connectivity index is 1.71. The van der Waals surface area contributed by atoms with Gasteiger partial charge in [0.1, 0.15) is 19.6 Å². The van der Waals surface area contributed by atoms with Gasteiger partial charge in [-0.25, -0.2) is 0 Å². The molecule has 24 heavy (non-hydrogen) atoms. The topological polar surface area (TPSA) is 73.1 Å². The standard InChI is InChI=1S/C17H12N4O3/c22-15-7-19(15)12-5-14(21-9-17(21)24)13(20-8-16(20)23)4-11(12)10-2-1-3-18-6-10/h1-6H,7-9H2. The first kappa shape index (κ1) is 13.2. The highest BCUT2D eigenvalue weighted by atomic mass is 16.2. The van der Waals surface area contributed by atoms with Gasteiger partial charge in [0.25, 0.3) is 0 Å². The van der Waals surface area contributed by atoms with Crippen molar-refractivity contribution in [3.8, 4) is 11.1 Å². The molecule has 0 unspecified atom stereocenters. The van der Waals surface area contributed by atoms with E-state index in [4.69, 9.17) is 0 Å². The van der Waals surface area contributed by atoms with Crippen LogP contribution in [0.25, 0.3) is 11.1 Å². The van der Waals surface area contributed by atoms with Crippen molar-refractivity contribution >= 4 is 34.8 Å². The molecule has 0 aliphatic carbocycles. The summed E-state index contributed by atoms with van der Waals surface area (Å²) in [7, 11) is 0. The average Bonchev–Trinajstić information content (AvgIpc) is 3.51. The molecule has 3 aliphatic heterocycles. The number of hydrogen-bond donors (Lipinski definition) is 0. The highest BCUT2D eigenvalue weighted by molar-refractivity contribution is 6.21. The zero-order valence-corrected chi connectivity index (χ0v) is 12.6. The van der Waals surface area contributed by atoms with Crippen LogP contribution in [0.1, 0.15) is 0 Å². The smallest absolute Gasteiger partial charge is 0.247 e. The average molecular weight is 320 g/mol. The largest absolute Gasteiger partial charge is 0.301 e. The quantitative estimate of drug-likeness (QED) is 0.781. The summed E-state index contributed by atoms with van der Waals surface area (Å²) in [6.45, 7) is 1.06. The second-order valence-corrected chi connectivity index (χ2v) is 6.04. The number of amides is 3. The van der Waals surface area contributed by atoms with Crippen LogP contribution in [0.4, 0.5) is 17.1 Å². The van der Waals surface area contributed by atoms with Crippen LogP contribution in [0.3, 0.4) is 0 Å². The van der Waals surface area contributed by atoms with Crippen LogP contribution in [-0.2, 0) is 14.4 Å². The molecule has 4 heterocycles. The van der Waals surface area contributed by atoms with E-state index in [0.29, 0.717) is 31.0 Å². The monoisotopic (exact) mass is 320 g/mol. The molecule has 0 N–H and O–H groups in total. The summed E-state index contributed by atoms with van der Waals surface area (Å²) < 4.78 is 0. The van der Waals surface area contributed by atoms with Crippen molar-refractivity contribution in [1.29, 1.82) is 0 Å². The Morgan fingerprint density at radius 1 is 0.792 bits per heavy atom. The van der Waals surface area contributed by atoms with Gasteiger partial charge in [0.2, 0.25) is 17.7 Å². The lowest BCUT2D eigenvalue weighted by Crippen LogP contribution is -2.06. The van der Waals surface area contributed by atoms with Crippen LogP contribution in [0.2, 0.25) is 0 Å². The van der Waals surface area contributed by atoms with Crippen molar-refractivity contribution < 1.29 is 14.4 Å². The molecule has 2 aromatic rings. The number of hydrogen-bond acceptors (Lipinski definition) is 4. The van der Waals surface area contributed by atoms with E-state index >= 15 is 0 Å². The molecule has 0 saturated carbocycles. The van der Waals surface area contributed by atoms with E-state index in [2.05, 4.69) is 4.98 Å². The van der Waals surface area contributed by atoms with Gasteiger partial charge in [-0.3, -0.25) is 29.2 Å². The first-order valence-corrected chi connectivity index (χ1v) is 7.63. The number of rotatable bonds is 4. The van der Waals surface area contributed by atoms with Gasteiger partial charge in [-0.1, -0.05) is 6.07 Å². The summed E-state index contributed by atoms with van der Waals surface area (Å²) in [5, 5.41) is 0. The van der Waals surface area contributed by atoms with Crippen molar-refractivity contribution in [3.63, 3.8) is 0 Å². The summed E-state index contributed by atoms with van der Waals surface area (Å²) in [6, 6.07) is 7.45. The van der Waals surface area contributed by atoms with Crippen molar-refractivity contribution in [2.24, 2.45) is 0 Å². The van der Waals surface area contributed by atoms with E-state index in [0.717, 1.165) is 16.8 Å². The number of benzene rings is 1. The Morgan fingerprint density at radius 2 is 1.33 bits per heavy atom. The molecule has 0 bridgehead atoms. The van der Waals surface area contributed by atoms with Gasteiger partial charge in [-0.15, -0.1) is 0 Å². The molecular weight excluding hydrogens is 308 g/mol. The van der Waals surface area contributed by atoms with Gasteiger partial charge < -0.3 is 4.90 Å². The van der Waals surface area contributed by atoms with E-state index < -0.39 is 0 Å². The Kier molecular flexibility index (Phi) is 2.43. The number of carbonyl (C=O) groups excluding carboxylic acids is 3. The van der Waals surface area contributed by atoms with Crippen LogP contribution < -0.4 is 14.7 Å². The molecule has 5 rings (SSSR count). The maximum absolute atomic E-state index is 11.7. The molecule has 3 aliphatic rings. The Bertz CT molecular complexity index is 925. The minimum absolute atomic E-state index is 0.0164. The minimum atomic E-state index is 0.0164. The number of pyridine rings is 1. The fourth-order valence-electron chi connectivity index (χ4n) is 2.93. The predicted octanol–water partition coefficient (Wildman–Crippen LogP) is 0.788. The van der Waals surface area contributed by atoms with Crippen LogP contribution in [0.15, 0.2) is 36.7 Å². The Morgan fingerprint density at radius 3 is 1.83 bits per heavy atom. The van der Waals surface area contributed by atoms with E-state index in [1.165, 1.54) is 0 Å². The summed E-state index contributed by atoms with van der Waals surface area (Å²) in [5.74, 6) is 0.0831. The molecule has 0 atom stereocenters. The maximum atomic E-state index is 11.7. The van der Waals surface area contributed by atoms with E-state index in [-0.39, 0.29) is 17.7 Å². The van der Waals surface area contributed by atoms with Gasteiger partial charge in [-0.2, -0.15) is 0 Å². The first-order valence-electron chi connectivity index (χ1n) is 7.63. The molecule has 0 radical (unpaired) electrons. The SMILES string of the molecule is O=C1CN1c1cc(N2CC2=O)c(N2CC2=O)cc1-c1cccnc1. The Hall–Kier alpha value is -3.22. The third-order valence-corrected chi connectivity index (χ3v) is 4.41. The lowest BCUT2D eigenvalue weighted by molar-refractivity contribution is -0.110. The van der Waals surface area contributed by atoms with Crippen LogP contribution in [0, 0.1) is 0 Å². The molecule has 3 amide bonds. The van der Waals surface area contributed by atoms with Crippen LogP contribution in [0.5, 0.6) is 0 Å². The zero-order valence-electron chi connectivity index (χ0n) is 12.6. The van der Waals surface area contributed by atoms with E-state index in [1.807, 2.05) is 24.3 Å². The molecule has 118 valence electrons. The van der Waals surface area contributed by atoms with Crippen molar-refractivity contribution in [2.45, 2.75) is 0 Å². The summed E-state index contributed by atoms with van der Waals surface area (Å²) in [5.41, 5.74) is 3.85.